The van der Waals surface area contributed by atoms with Gasteiger partial charge in [-0.05, 0) is 75.2 Å². The first-order valence-corrected chi connectivity index (χ1v) is 12.3. The third-order valence-electron chi connectivity index (χ3n) is 6.15. The van der Waals surface area contributed by atoms with E-state index in [9.17, 15) is 9.59 Å². The molecule has 0 radical (unpaired) electrons. The Morgan fingerprint density at radius 2 is 1.74 bits per heavy atom. The van der Waals surface area contributed by atoms with Crippen LogP contribution in [-0.4, -0.2) is 26.9 Å². The first-order valence-electron chi connectivity index (χ1n) is 11.5. The minimum absolute atomic E-state index is 0.0866. The number of hydrogen-bond acceptors (Lipinski definition) is 3. The largest absolute Gasteiger partial charge is 0.329 e. The molecule has 1 amide bonds. The zero-order valence-corrected chi connectivity index (χ0v) is 21.5. The molecular weight excluding hydrogens is 490 g/mol. The second-order valence-electron chi connectivity index (χ2n) is 8.44. The summed E-state index contributed by atoms with van der Waals surface area (Å²) in [5, 5.41) is 0.559. The fraction of sp³-hybridized carbons (Fsp3) is 0.250. The molecule has 0 saturated heterocycles. The molecule has 0 bridgehead atoms. The van der Waals surface area contributed by atoms with Gasteiger partial charge in [-0.1, -0.05) is 52.7 Å². The standard InChI is InChI=1S/C28H28BrN3O2/c1-5-24(31(6-2)27(33)20-12-14-21(29)15-13-20)26-30-23-10-8-7-9-22(23)28(34)32(26)25-16-11-18(3)17-19(25)4/h7-17,24H,5-6H2,1-4H3. The van der Waals surface area contributed by atoms with E-state index >= 15 is 0 Å². The molecule has 6 heteroatoms. The van der Waals surface area contributed by atoms with E-state index in [1.165, 1.54) is 0 Å². The van der Waals surface area contributed by atoms with Crippen molar-refractivity contribution in [3.63, 3.8) is 0 Å². The van der Waals surface area contributed by atoms with Crippen molar-refractivity contribution in [1.82, 2.24) is 14.5 Å². The van der Waals surface area contributed by atoms with Gasteiger partial charge in [0.2, 0.25) is 0 Å². The quantitative estimate of drug-likeness (QED) is 0.298. The molecule has 1 unspecified atom stereocenters. The number of aromatic nitrogens is 2. The smallest absolute Gasteiger partial charge is 0.266 e. The molecule has 1 heterocycles. The summed E-state index contributed by atoms with van der Waals surface area (Å²) in [5.41, 5.74) is 4.00. The van der Waals surface area contributed by atoms with E-state index in [2.05, 4.69) is 22.0 Å². The average molecular weight is 518 g/mol. The molecule has 4 rings (SSSR count). The van der Waals surface area contributed by atoms with Crippen molar-refractivity contribution in [2.24, 2.45) is 0 Å². The number of fused-ring (bicyclic) bond motifs is 1. The maximum atomic E-state index is 13.8. The molecule has 34 heavy (non-hydrogen) atoms. The van der Waals surface area contributed by atoms with Crippen LogP contribution in [0.1, 0.15) is 53.6 Å². The molecular formula is C28H28BrN3O2. The Bertz CT molecular complexity index is 1410. The normalized spacial score (nSPS) is 12.0. The van der Waals surface area contributed by atoms with Gasteiger partial charge in [0.15, 0.2) is 0 Å². The lowest BCUT2D eigenvalue weighted by Gasteiger charge is -2.32. The zero-order valence-electron chi connectivity index (χ0n) is 19.9. The number of carbonyl (C=O) groups excluding carboxylic acids is 1. The van der Waals surface area contributed by atoms with Crippen LogP contribution < -0.4 is 5.56 Å². The zero-order chi connectivity index (χ0) is 24.4. The van der Waals surface area contributed by atoms with Gasteiger partial charge in [-0.2, -0.15) is 0 Å². The number of hydrogen-bond donors (Lipinski definition) is 0. The van der Waals surface area contributed by atoms with Crippen molar-refractivity contribution in [2.45, 2.75) is 40.2 Å². The molecule has 0 N–H and O–H groups in total. The molecule has 0 saturated carbocycles. The Labute approximate surface area is 208 Å². The van der Waals surface area contributed by atoms with Gasteiger partial charge in [0, 0.05) is 16.6 Å². The van der Waals surface area contributed by atoms with Crippen LogP contribution in [0.3, 0.4) is 0 Å². The predicted octanol–water partition coefficient (Wildman–Crippen LogP) is 6.38. The average Bonchev–Trinajstić information content (AvgIpc) is 2.83. The molecule has 1 aromatic heterocycles. The summed E-state index contributed by atoms with van der Waals surface area (Å²) in [5.74, 6) is 0.488. The van der Waals surface area contributed by atoms with Gasteiger partial charge in [0.25, 0.3) is 11.5 Å². The van der Waals surface area contributed by atoms with Crippen LogP contribution in [0.2, 0.25) is 0 Å². The van der Waals surface area contributed by atoms with Crippen LogP contribution in [0.4, 0.5) is 0 Å². The summed E-state index contributed by atoms with van der Waals surface area (Å²) in [7, 11) is 0. The Kier molecular flexibility index (Phi) is 6.98. The highest BCUT2D eigenvalue weighted by atomic mass is 79.9. The fourth-order valence-electron chi connectivity index (χ4n) is 4.47. The van der Waals surface area contributed by atoms with Gasteiger partial charge in [0.05, 0.1) is 22.6 Å². The third kappa shape index (κ3) is 4.42. The summed E-state index contributed by atoms with van der Waals surface area (Å²) >= 11 is 3.43. The van der Waals surface area contributed by atoms with Gasteiger partial charge >= 0.3 is 0 Å². The number of benzene rings is 3. The summed E-state index contributed by atoms with van der Waals surface area (Å²) in [4.78, 5) is 34.1. The van der Waals surface area contributed by atoms with Crippen LogP contribution in [0.15, 0.2) is 76.0 Å². The van der Waals surface area contributed by atoms with Gasteiger partial charge < -0.3 is 4.90 Å². The van der Waals surface area contributed by atoms with E-state index in [1.54, 1.807) is 15.5 Å². The Morgan fingerprint density at radius 1 is 1.03 bits per heavy atom. The molecule has 0 fully saturated rings. The number of halogens is 1. The van der Waals surface area contributed by atoms with Crippen molar-refractivity contribution in [2.75, 3.05) is 6.54 Å². The van der Waals surface area contributed by atoms with Gasteiger partial charge in [-0.3, -0.25) is 14.2 Å². The molecule has 0 aliphatic carbocycles. The number of amides is 1. The number of nitrogens with zero attached hydrogens (tertiary/aromatic N) is 3. The van der Waals surface area contributed by atoms with Crippen molar-refractivity contribution in [1.29, 1.82) is 0 Å². The minimum atomic E-state index is -0.376. The summed E-state index contributed by atoms with van der Waals surface area (Å²) in [6, 6.07) is 20.4. The maximum absolute atomic E-state index is 13.8. The first kappa shape index (κ1) is 23.9. The molecule has 174 valence electrons. The molecule has 0 aliphatic rings. The topological polar surface area (TPSA) is 55.2 Å². The molecule has 3 aromatic carbocycles. The second kappa shape index (κ2) is 9.94. The van der Waals surface area contributed by atoms with E-state index in [0.717, 1.165) is 21.3 Å². The Hall–Kier alpha value is -3.25. The number of aryl methyl sites for hydroxylation is 2. The summed E-state index contributed by atoms with van der Waals surface area (Å²) in [6.45, 7) is 8.50. The van der Waals surface area contributed by atoms with E-state index in [4.69, 9.17) is 4.98 Å². The number of para-hydroxylation sites is 1. The molecule has 4 aromatic rings. The highest BCUT2D eigenvalue weighted by Gasteiger charge is 2.29. The van der Waals surface area contributed by atoms with Gasteiger partial charge in [0.1, 0.15) is 5.82 Å². The predicted molar refractivity (Wildman–Crippen MR) is 141 cm³/mol. The molecule has 5 nitrogen and oxygen atoms in total. The summed E-state index contributed by atoms with van der Waals surface area (Å²) in [6.07, 6.45) is 0.617. The fourth-order valence-corrected chi connectivity index (χ4v) is 4.73. The lowest BCUT2D eigenvalue weighted by molar-refractivity contribution is 0.0672. The molecule has 1 atom stereocenters. The van der Waals surface area contributed by atoms with Crippen molar-refractivity contribution >= 4 is 32.7 Å². The Morgan fingerprint density at radius 3 is 2.38 bits per heavy atom. The van der Waals surface area contributed by atoms with Gasteiger partial charge in [-0.25, -0.2) is 4.98 Å². The first-order chi connectivity index (χ1) is 16.3. The maximum Gasteiger partial charge on any atom is 0.266 e. The lowest BCUT2D eigenvalue weighted by atomic mass is 10.1. The highest BCUT2D eigenvalue weighted by Crippen LogP contribution is 2.28. The van der Waals surface area contributed by atoms with Crippen LogP contribution in [0, 0.1) is 13.8 Å². The van der Waals surface area contributed by atoms with Crippen molar-refractivity contribution in [3.05, 3.63) is 104 Å². The van der Waals surface area contributed by atoms with Crippen LogP contribution in [0.5, 0.6) is 0 Å². The van der Waals surface area contributed by atoms with E-state index in [-0.39, 0.29) is 17.5 Å². The van der Waals surface area contributed by atoms with E-state index in [1.807, 2.05) is 82.3 Å². The molecule has 0 aliphatic heterocycles. The Balaban J connectivity index is 1.96. The lowest BCUT2D eigenvalue weighted by Crippen LogP contribution is -2.38. The van der Waals surface area contributed by atoms with Crippen molar-refractivity contribution < 1.29 is 4.79 Å². The monoisotopic (exact) mass is 517 g/mol. The van der Waals surface area contributed by atoms with E-state index in [0.29, 0.717) is 35.3 Å². The van der Waals surface area contributed by atoms with E-state index < -0.39 is 0 Å². The summed E-state index contributed by atoms with van der Waals surface area (Å²) < 4.78 is 2.61. The number of carbonyl (C=O) groups is 1. The second-order valence-corrected chi connectivity index (χ2v) is 9.36. The highest BCUT2D eigenvalue weighted by molar-refractivity contribution is 9.10. The van der Waals surface area contributed by atoms with Crippen LogP contribution >= 0.6 is 15.9 Å². The molecule has 0 spiro atoms. The van der Waals surface area contributed by atoms with Crippen LogP contribution in [-0.2, 0) is 0 Å². The SMILES string of the molecule is CCC(c1nc2ccccc2c(=O)n1-c1ccc(C)cc1C)N(CC)C(=O)c1ccc(Br)cc1. The van der Waals surface area contributed by atoms with Gasteiger partial charge in [-0.15, -0.1) is 0 Å². The number of rotatable bonds is 6. The minimum Gasteiger partial charge on any atom is -0.329 e. The third-order valence-corrected chi connectivity index (χ3v) is 6.68. The van der Waals surface area contributed by atoms with Crippen LogP contribution in [0.25, 0.3) is 16.6 Å². The van der Waals surface area contributed by atoms with Crippen molar-refractivity contribution in [3.8, 4) is 5.69 Å².